The second kappa shape index (κ2) is 7.54. The molecule has 1 radical (unpaired) electrons. The molecule has 0 aromatic heterocycles. The van der Waals surface area contributed by atoms with E-state index in [1.165, 1.54) is 4.91 Å². The van der Waals surface area contributed by atoms with Gasteiger partial charge in [-0.25, -0.2) is 0 Å². The average molecular weight is 286 g/mol. The van der Waals surface area contributed by atoms with Gasteiger partial charge in [-0.2, -0.15) is 12.6 Å². The fourth-order valence-electron chi connectivity index (χ4n) is 1.94. The number of hydrogen-bond donors (Lipinski definition) is 1. The summed E-state index contributed by atoms with van der Waals surface area (Å²) in [5.74, 6) is 0.884. The number of allylic oxidation sites excluding steroid dienone is 1. The second-order valence-corrected chi connectivity index (χ2v) is 6.13. The normalized spacial score (nSPS) is 29.8. The molecule has 0 N–H and O–H groups in total. The van der Waals surface area contributed by atoms with Crippen molar-refractivity contribution in [3.63, 3.8) is 0 Å². The summed E-state index contributed by atoms with van der Waals surface area (Å²) in [6, 6.07) is 0. The van der Waals surface area contributed by atoms with Crippen LogP contribution in [0.5, 0.6) is 0 Å². The first kappa shape index (κ1) is 18.0. The van der Waals surface area contributed by atoms with Crippen molar-refractivity contribution in [2.24, 2.45) is 0 Å². The Labute approximate surface area is 123 Å². The lowest BCUT2D eigenvalue weighted by Crippen LogP contribution is -2.08. The third-order valence-electron chi connectivity index (χ3n) is 3.50. The molecule has 0 spiro atoms. The Bertz CT molecular complexity index is 311. The van der Waals surface area contributed by atoms with Gasteiger partial charge in [0.05, 0.1) is 0 Å². The predicted octanol–water partition coefficient (Wildman–Crippen LogP) is 3.70. The van der Waals surface area contributed by atoms with E-state index in [0.717, 1.165) is 18.6 Å². The maximum atomic E-state index is 10.6. The first-order valence-electron chi connectivity index (χ1n) is 6.30. The second-order valence-electron chi connectivity index (χ2n) is 4.88. The zero-order valence-electron chi connectivity index (χ0n) is 12.4. The van der Waals surface area contributed by atoms with Crippen molar-refractivity contribution < 1.29 is 4.79 Å². The van der Waals surface area contributed by atoms with Gasteiger partial charge in [0.15, 0.2) is 0 Å². The number of hydrogen-bond acceptors (Lipinski definition) is 3. The van der Waals surface area contributed by atoms with E-state index in [-0.39, 0.29) is 10.6 Å². The topological polar surface area (TPSA) is 20.3 Å². The summed E-state index contributed by atoms with van der Waals surface area (Å²) in [5, 5.41) is 0.470. The van der Waals surface area contributed by atoms with Crippen LogP contribution in [-0.4, -0.2) is 37.6 Å². The van der Waals surface area contributed by atoms with Crippen molar-refractivity contribution in [2.45, 2.75) is 44.7 Å². The van der Waals surface area contributed by atoms with E-state index in [2.05, 4.69) is 33.8 Å². The molecule has 0 aromatic rings. The molecule has 1 heterocycles. The van der Waals surface area contributed by atoms with E-state index in [4.69, 9.17) is 0 Å². The summed E-state index contributed by atoms with van der Waals surface area (Å²) in [4.78, 5) is 13.4. The molecule has 1 amide bonds. The number of amides is 1. The van der Waals surface area contributed by atoms with E-state index in [0.29, 0.717) is 0 Å². The number of carbonyl (C=O) groups is 1. The van der Waals surface area contributed by atoms with Gasteiger partial charge in [-0.3, -0.25) is 4.79 Å². The Morgan fingerprint density at radius 2 is 1.94 bits per heavy atom. The Kier molecular flexibility index (Phi) is 7.53. The summed E-state index contributed by atoms with van der Waals surface area (Å²) >= 11 is 6.10. The van der Waals surface area contributed by atoms with Crippen LogP contribution in [0.1, 0.15) is 34.1 Å². The molecule has 2 nitrogen and oxygen atoms in total. The highest BCUT2D eigenvalue weighted by Gasteiger charge is 2.60. The SMILES string of the molecule is CC.CS/C(=C\N(C)C=O)CC1(C)[B]C1(C)CS. The van der Waals surface area contributed by atoms with Crippen molar-refractivity contribution in [3.8, 4) is 0 Å². The Balaban J connectivity index is 0.00000137. The van der Waals surface area contributed by atoms with Gasteiger partial charge in [0.25, 0.3) is 0 Å². The highest BCUT2D eigenvalue weighted by atomic mass is 32.2. The highest BCUT2D eigenvalue weighted by molar-refractivity contribution is 8.02. The lowest BCUT2D eigenvalue weighted by molar-refractivity contribution is -0.115. The summed E-state index contributed by atoms with van der Waals surface area (Å²) < 4.78 is 0. The van der Waals surface area contributed by atoms with Crippen molar-refractivity contribution >= 4 is 38.1 Å². The summed E-state index contributed by atoms with van der Waals surface area (Å²) in [7, 11) is 4.12. The van der Waals surface area contributed by atoms with Crippen LogP contribution in [0.4, 0.5) is 0 Å². The molecular weight excluding hydrogens is 261 g/mol. The molecular formula is C13H25BNOS2. The lowest BCUT2D eigenvalue weighted by Gasteiger charge is -2.20. The van der Waals surface area contributed by atoms with Gasteiger partial charge in [-0.1, -0.05) is 38.3 Å². The van der Waals surface area contributed by atoms with Crippen LogP contribution in [0.15, 0.2) is 11.1 Å². The lowest BCUT2D eigenvalue weighted by atomic mass is 9.86. The quantitative estimate of drug-likeness (QED) is 0.456. The van der Waals surface area contributed by atoms with E-state index in [1.807, 2.05) is 26.3 Å². The van der Waals surface area contributed by atoms with E-state index >= 15 is 0 Å². The molecule has 0 bridgehead atoms. The largest absolute Gasteiger partial charge is 0.324 e. The minimum atomic E-state index is 0.229. The monoisotopic (exact) mass is 286 g/mol. The molecule has 103 valence electrons. The zero-order chi connectivity index (χ0) is 14.4. The average Bonchev–Trinajstić information content (AvgIpc) is 2.93. The van der Waals surface area contributed by atoms with Crippen molar-refractivity contribution in [2.75, 3.05) is 19.1 Å². The molecule has 1 saturated heterocycles. The molecule has 0 saturated carbocycles. The Morgan fingerprint density at radius 3 is 2.28 bits per heavy atom. The molecule has 2 unspecified atom stereocenters. The van der Waals surface area contributed by atoms with Crippen molar-refractivity contribution in [3.05, 3.63) is 11.1 Å². The van der Waals surface area contributed by atoms with Crippen LogP contribution < -0.4 is 0 Å². The summed E-state index contributed by atoms with van der Waals surface area (Å²) in [5.41, 5.74) is 0. The van der Waals surface area contributed by atoms with Crippen LogP contribution in [0.3, 0.4) is 0 Å². The molecule has 0 aliphatic carbocycles. The molecule has 2 atom stereocenters. The van der Waals surface area contributed by atoms with Crippen LogP contribution in [-0.2, 0) is 4.79 Å². The van der Waals surface area contributed by atoms with Gasteiger partial charge < -0.3 is 4.90 Å². The fourth-order valence-corrected chi connectivity index (χ4v) is 3.10. The molecule has 5 heteroatoms. The van der Waals surface area contributed by atoms with E-state index < -0.39 is 0 Å². The van der Waals surface area contributed by atoms with E-state index in [9.17, 15) is 4.79 Å². The minimum Gasteiger partial charge on any atom is -0.324 e. The number of thioether (sulfide) groups is 1. The van der Waals surface area contributed by atoms with Crippen LogP contribution in [0.25, 0.3) is 0 Å². The van der Waals surface area contributed by atoms with Gasteiger partial charge >= 0.3 is 0 Å². The van der Waals surface area contributed by atoms with Crippen molar-refractivity contribution in [1.29, 1.82) is 0 Å². The standard InChI is InChI=1S/C11H19BNOS2.C2H6/c1-10(11(2,7-15)12-10)5-9(16-4)6-13(3)8-14;1-2/h6,8,15H,5,7H2,1-4H3;1-2H3/b9-6-;. The maximum absolute atomic E-state index is 10.6. The van der Waals surface area contributed by atoms with Gasteiger partial charge in [0.2, 0.25) is 6.41 Å². The summed E-state index contributed by atoms with van der Waals surface area (Å²) in [6.07, 6.45) is 5.78. The maximum Gasteiger partial charge on any atom is 0.213 e. The molecule has 0 aromatic carbocycles. The van der Waals surface area contributed by atoms with Gasteiger partial charge in [0.1, 0.15) is 7.28 Å². The smallest absolute Gasteiger partial charge is 0.213 e. The third-order valence-corrected chi connectivity index (χ3v) is 4.94. The number of rotatable bonds is 6. The first-order valence-corrected chi connectivity index (χ1v) is 8.16. The zero-order valence-corrected chi connectivity index (χ0v) is 14.1. The van der Waals surface area contributed by atoms with Gasteiger partial charge in [-0.15, -0.1) is 11.8 Å². The number of thiol groups is 1. The van der Waals surface area contributed by atoms with Crippen LogP contribution in [0, 0.1) is 0 Å². The van der Waals surface area contributed by atoms with Crippen molar-refractivity contribution in [1.82, 2.24) is 4.90 Å². The Morgan fingerprint density at radius 1 is 1.39 bits per heavy atom. The molecule has 1 fully saturated rings. The molecule has 1 rings (SSSR count). The third kappa shape index (κ3) is 4.27. The van der Waals surface area contributed by atoms with Crippen LogP contribution in [0.2, 0.25) is 10.6 Å². The van der Waals surface area contributed by atoms with Gasteiger partial charge in [-0.05, 0) is 18.4 Å². The van der Waals surface area contributed by atoms with Gasteiger partial charge in [0, 0.05) is 18.2 Å². The molecule has 18 heavy (non-hydrogen) atoms. The number of nitrogens with zero attached hydrogens (tertiary/aromatic N) is 1. The fraction of sp³-hybridized carbons (Fsp3) is 0.769. The minimum absolute atomic E-state index is 0.229. The van der Waals surface area contributed by atoms with E-state index in [1.54, 1.807) is 23.7 Å². The predicted molar refractivity (Wildman–Crippen MR) is 87.7 cm³/mol. The highest BCUT2D eigenvalue weighted by Crippen LogP contribution is 2.71. The molecule has 1 aliphatic heterocycles. The van der Waals surface area contributed by atoms with Crippen LogP contribution >= 0.6 is 24.4 Å². The first-order chi connectivity index (χ1) is 8.40. The number of carbonyl (C=O) groups excluding carboxylic acids is 1. The molecule has 1 aliphatic rings. The Hall–Kier alpha value is -0.0251. The summed E-state index contributed by atoms with van der Waals surface area (Å²) in [6.45, 7) is 8.50.